The summed E-state index contributed by atoms with van der Waals surface area (Å²) < 4.78 is 5.18. The summed E-state index contributed by atoms with van der Waals surface area (Å²) in [6.07, 6.45) is 3.58. The molecule has 104 valence electrons. The van der Waals surface area contributed by atoms with Crippen molar-refractivity contribution in [3.8, 4) is 5.75 Å². The highest BCUT2D eigenvalue weighted by molar-refractivity contribution is 6.33. The molecule has 0 aliphatic heterocycles. The van der Waals surface area contributed by atoms with Crippen molar-refractivity contribution in [2.24, 2.45) is 0 Å². The number of nitrogens with zero attached hydrogens (tertiary/aromatic N) is 1. The summed E-state index contributed by atoms with van der Waals surface area (Å²) in [7, 11) is 3.24. The summed E-state index contributed by atoms with van der Waals surface area (Å²) in [5.74, 6) is 0.297. The Hall–Kier alpha value is -1.68. The second-order valence-electron chi connectivity index (χ2n) is 4.23. The van der Waals surface area contributed by atoms with E-state index in [1.165, 1.54) is 7.11 Å². The van der Waals surface area contributed by atoms with Crippen molar-refractivity contribution < 1.29 is 9.53 Å². The molecule has 0 unspecified atom stereocenters. The number of methoxy groups -OCH3 is 1. The topological polar surface area (TPSA) is 55.6 Å². The van der Waals surface area contributed by atoms with Crippen LogP contribution in [0.5, 0.6) is 5.75 Å². The van der Waals surface area contributed by atoms with Gasteiger partial charge >= 0.3 is 0 Å². The molecule has 1 amide bonds. The first-order chi connectivity index (χ1) is 9.01. The molecule has 0 saturated heterocycles. The second kappa shape index (κ2) is 7.04. The van der Waals surface area contributed by atoms with Crippen LogP contribution < -0.4 is 10.5 Å². The van der Waals surface area contributed by atoms with Crippen LogP contribution >= 0.6 is 11.6 Å². The zero-order valence-electron chi connectivity index (χ0n) is 11.3. The molecule has 1 rings (SSSR count). The molecule has 0 aromatic heterocycles. The molecule has 0 radical (unpaired) electrons. The SMILES string of the molecule is C=CCCCN(C)C(=O)c1cc(Cl)c(N)cc1OC. The van der Waals surface area contributed by atoms with Crippen molar-refractivity contribution in [3.63, 3.8) is 0 Å². The van der Waals surface area contributed by atoms with E-state index >= 15 is 0 Å². The highest BCUT2D eigenvalue weighted by Gasteiger charge is 2.18. The van der Waals surface area contributed by atoms with Gasteiger partial charge in [-0.1, -0.05) is 17.7 Å². The first-order valence-electron chi connectivity index (χ1n) is 6.00. The van der Waals surface area contributed by atoms with Gasteiger partial charge in [-0.3, -0.25) is 4.79 Å². The van der Waals surface area contributed by atoms with Crippen LogP contribution in [0.4, 0.5) is 5.69 Å². The fraction of sp³-hybridized carbons (Fsp3) is 0.357. The molecule has 0 fully saturated rings. The van der Waals surface area contributed by atoms with Gasteiger partial charge in [0.1, 0.15) is 5.75 Å². The molecular formula is C14H19ClN2O2. The van der Waals surface area contributed by atoms with E-state index in [2.05, 4.69) is 6.58 Å². The Morgan fingerprint density at radius 3 is 2.84 bits per heavy atom. The fourth-order valence-electron chi connectivity index (χ4n) is 1.69. The number of anilines is 1. The van der Waals surface area contributed by atoms with Crippen LogP contribution in [0.2, 0.25) is 5.02 Å². The average molecular weight is 283 g/mol. The number of hydrogen-bond donors (Lipinski definition) is 1. The lowest BCUT2D eigenvalue weighted by Gasteiger charge is -2.19. The molecule has 0 spiro atoms. The number of amides is 1. The first kappa shape index (κ1) is 15.4. The summed E-state index contributed by atoms with van der Waals surface area (Å²) in [5, 5.41) is 0.351. The zero-order chi connectivity index (χ0) is 14.4. The second-order valence-corrected chi connectivity index (χ2v) is 4.64. The lowest BCUT2D eigenvalue weighted by Crippen LogP contribution is -2.28. The van der Waals surface area contributed by atoms with Gasteiger partial charge in [-0.2, -0.15) is 0 Å². The molecule has 0 aliphatic carbocycles. The lowest BCUT2D eigenvalue weighted by molar-refractivity contribution is 0.0790. The van der Waals surface area contributed by atoms with Crippen LogP contribution in [0.3, 0.4) is 0 Å². The van der Waals surface area contributed by atoms with E-state index in [1.54, 1.807) is 24.1 Å². The van der Waals surface area contributed by atoms with Crippen molar-refractivity contribution >= 4 is 23.2 Å². The number of rotatable bonds is 6. The van der Waals surface area contributed by atoms with Crippen LogP contribution in [0.1, 0.15) is 23.2 Å². The van der Waals surface area contributed by atoms with Crippen LogP contribution in [0, 0.1) is 0 Å². The molecule has 4 nitrogen and oxygen atoms in total. The molecule has 5 heteroatoms. The Balaban J connectivity index is 2.92. The van der Waals surface area contributed by atoms with Gasteiger partial charge in [0.25, 0.3) is 5.91 Å². The summed E-state index contributed by atoms with van der Waals surface area (Å²) in [4.78, 5) is 13.9. The van der Waals surface area contributed by atoms with Crippen molar-refractivity contribution in [1.29, 1.82) is 0 Å². The zero-order valence-corrected chi connectivity index (χ0v) is 12.0. The van der Waals surface area contributed by atoms with Crippen LogP contribution in [0.15, 0.2) is 24.8 Å². The van der Waals surface area contributed by atoms with Gasteiger partial charge < -0.3 is 15.4 Å². The third kappa shape index (κ3) is 3.89. The minimum absolute atomic E-state index is 0.136. The molecule has 1 aromatic rings. The van der Waals surface area contributed by atoms with Crippen molar-refractivity contribution in [2.45, 2.75) is 12.8 Å². The molecule has 0 aliphatic rings. The molecule has 19 heavy (non-hydrogen) atoms. The normalized spacial score (nSPS) is 10.1. The number of unbranched alkanes of at least 4 members (excludes halogenated alkanes) is 1. The van der Waals surface area contributed by atoms with Gasteiger partial charge in [-0.15, -0.1) is 6.58 Å². The molecule has 0 bridgehead atoms. The van der Waals surface area contributed by atoms with E-state index in [9.17, 15) is 4.79 Å². The maximum Gasteiger partial charge on any atom is 0.257 e. The molecule has 0 saturated carbocycles. The maximum absolute atomic E-state index is 12.3. The van der Waals surface area contributed by atoms with Gasteiger partial charge in [0.15, 0.2) is 0 Å². The molecule has 0 atom stereocenters. The number of nitrogens with two attached hydrogens (primary N) is 1. The van der Waals surface area contributed by atoms with E-state index in [0.29, 0.717) is 28.6 Å². The van der Waals surface area contributed by atoms with E-state index in [-0.39, 0.29) is 5.91 Å². The van der Waals surface area contributed by atoms with E-state index < -0.39 is 0 Å². The van der Waals surface area contributed by atoms with Crippen LogP contribution in [0.25, 0.3) is 0 Å². The Morgan fingerprint density at radius 2 is 2.26 bits per heavy atom. The first-order valence-corrected chi connectivity index (χ1v) is 6.38. The quantitative estimate of drug-likeness (QED) is 0.496. The third-order valence-corrected chi connectivity index (χ3v) is 3.13. The highest BCUT2D eigenvalue weighted by atomic mass is 35.5. The molecule has 2 N–H and O–H groups in total. The highest BCUT2D eigenvalue weighted by Crippen LogP contribution is 2.29. The number of benzene rings is 1. The Morgan fingerprint density at radius 1 is 1.58 bits per heavy atom. The van der Waals surface area contributed by atoms with Crippen molar-refractivity contribution in [2.75, 3.05) is 26.4 Å². The fourth-order valence-corrected chi connectivity index (χ4v) is 1.85. The summed E-state index contributed by atoms with van der Waals surface area (Å²) in [6, 6.07) is 3.11. The predicted molar refractivity (Wildman–Crippen MR) is 78.8 cm³/mol. The van der Waals surface area contributed by atoms with Gasteiger partial charge in [0.2, 0.25) is 0 Å². The van der Waals surface area contributed by atoms with E-state index in [4.69, 9.17) is 22.1 Å². The molecular weight excluding hydrogens is 264 g/mol. The summed E-state index contributed by atoms with van der Waals surface area (Å²) >= 11 is 5.95. The number of nitrogen functional groups attached to an aromatic ring is 1. The van der Waals surface area contributed by atoms with Gasteiger partial charge in [0.05, 0.1) is 23.4 Å². The standard InChI is InChI=1S/C14H19ClN2O2/c1-4-5-6-7-17(2)14(18)10-8-11(15)12(16)9-13(10)19-3/h4,8-9H,1,5-7,16H2,2-3H3. The summed E-state index contributed by atoms with van der Waals surface area (Å²) in [6.45, 7) is 4.30. The average Bonchev–Trinajstić information content (AvgIpc) is 2.40. The van der Waals surface area contributed by atoms with Crippen LogP contribution in [-0.2, 0) is 0 Å². The molecule has 0 heterocycles. The lowest BCUT2D eigenvalue weighted by atomic mass is 10.1. The number of halogens is 1. The van der Waals surface area contributed by atoms with Gasteiger partial charge in [-0.05, 0) is 18.9 Å². The van der Waals surface area contributed by atoms with Crippen molar-refractivity contribution in [1.82, 2.24) is 4.90 Å². The van der Waals surface area contributed by atoms with E-state index in [1.807, 2.05) is 6.08 Å². The van der Waals surface area contributed by atoms with Crippen molar-refractivity contribution in [3.05, 3.63) is 35.4 Å². The number of carbonyl (C=O) groups is 1. The number of allylic oxidation sites excluding steroid dienone is 1. The Bertz CT molecular complexity index is 475. The Kier molecular flexibility index (Phi) is 5.70. The number of ether oxygens (including phenoxy) is 1. The number of carbonyl (C=O) groups excluding carboxylic acids is 1. The van der Waals surface area contributed by atoms with Gasteiger partial charge in [-0.25, -0.2) is 0 Å². The predicted octanol–water partition coefficient (Wildman–Crippen LogP) is 2.97. The largest absolute Gasteiger partial charge is 0.496 e. The van der Waals surface area contributed by atoms with Crippen LogP contribution in [-0.4, -0.2) is 31.5 Å². The minimum Gasteiger partial charge on any atom is -0.496 e. The molecule has 1 aromatic carbocycles. The smallest absolute Gasteiger partial charge is 0.257 e. The monoisotopic (exact) mass is 282 g/mol. The maximum atomic E-state index is 12.3. The third-order valence-electron chi connectivity index (χ3n) is 2.80. The summed E-state index contributed by atoms with van der Waals surface area (Å²) in [5.41, 5.74) is 6.50. The minimum atomic E-state index is -0.136. The number of hydrogen-bond acceptors (Lipinski definition) is 3. The van der Waals surface area contributed by atoms with Gasteiger partial charge in [0, 0.05) is 19.7 Å². The Labute approximate surface area is 118 Å². The van der Waals surface area contributed by atoms with E-state index in [0.717, 1.165) is 12.8 Å².